The van der Waals surface area contributed by atoms with Crippen molar-refractivity contribution in [2.24, 2.45) is 0 Å². The van der Waals surface area contributed by atoms with Crippen molar-refractivity contribution in [3.05, 3.63) is 86.3 Å². The summed E-state index contributed by atoms with van der Waals surface area (Å²) in [5.74, 6) is -0.694. The van der Waals surface area contributed by atoms with Gasteiger partial charge in [-0.1, -0.05) is 17.7 Å². The van der Waals surface area contributed by atoms with Crippen LogP contribution in [0.3, 0.4) is 0 Å². The molecule has 0 radical (unpaired) electrons. The number of ether oxygens (including phenoxy) is 2. The summed E-state index contributed by atoms with van der Waals surface area (Å²) >= 11 is 10.4. The van der Waals surface area contributed by atoms with Crippen molar-refractivity contribution < 1.29 is 27.1 Å². The fraction of sp³-hybridized carbons (Fsp3) is 0.125. The third-order valence-electron chi connectivity index (χ3n) is 4.98. The molecule has 2 heterocycles. The zero-order valence-corrected chi connectivity index (χ0v) is 23.0. The number of sulfonamides is 1. The van der Waals surface area contributed by atoms with E-state index >= 15 is 0 Å². The van der Waals surface area contributed by atoms with Gasteiger partial charge >= 0.3 is 0 Å². The Morgan fingerprint density at radius 3 is 2.68 bits per heavy atom. The van der Waals surface area contributed by atoms with Gasteiger partial charge in [-0.05, 0) is 52.3 Å². The summed E-state index contributed by atoms with van der Waals surface area (Å²) in [6.07, 6.45) is 2.69. The molecular formula is C24H18BrClFN3O5S2. The molecule has 0 aliphatic carbocycles. The predicted octanol–water partition coefficient (Wildman–Crippen LogP) is 6.05. The van der Waals surface area contributed by atoms with Gasteiger partial charge in [-0.3, -0.25) is 9.52 Å². The highest BCUT2D eigenvalue weighted by Crippen LogP contribution is 2.37. The maximum Gasteiger partial charge on any atom is 0.263 e. The summed E-state index contributed by atoms with van der Waals surface area (Å²) in [4.78, 5) is 20.7. The Morgan fingerprint density at radius 2 is 1.97 bits per heavy atom. The van der Waals surface area contributed by atoms with Gasteiger partial charge in [-0.25, -0.2) is 22.8 Å². The molecule has 4 aromatic rings. The lowest BCUT2D eigenvalue weighted by Crippen LogP contribution is -2.14. The van der Waals surface area contributed by atoms with E-state index in [1.54, 1.807) is 11.6 Å². The fourth-order valence-corrected chi connectivity index (χ4v) is 5.56. The van der Waals surface area contributed by atoms with Gasteiger partial charge in [0.05, 0.1) is 23.0 Å². The molecule has 13 heteroatoms. The molecule has 192 valence electrons. The molecule has 0 amide bonds. The van der Waals surface area contributed by atoms with E-state index in [0.29, 0.717) is 15.0 Å². The highest BCUT2D eigenvalue weighted by atomic mass is 79.9. The van der Waals surface area contributed by atoms with E-state index in [1.807, 2.05) is 0 Å². The van der Waals surface area contributed by atoms with Gasteiger partial charge in [0, 0.05) is 35.4 Å². The lowest BCUT2D eigenvalue weighted by Gasteiger charge is -2.16. The number of Topliss-reactive ketones (excluding diaryl/α,β-unsaturated/α-hetero) is 1. The van der Waals surface area contributed by atoms with Crippen molar-refractivity contribution in [2.75, 3.05) is 11.8 Å². The fourth-order valence-electron chi connectivity index (χ4n) is 3.29. The van der Waals surface area contributed by atoms with Crippen LogP contribution in [0.4, 0.5) is 10.1 Å². The summed E-state index contributed by atoms with van der Waals surface area (Å²) in [5, 5.41) is 2.52. The molecule has 0 saturated carbocycles. The molecule has 0 aliphatic heterocycles. The van der Waals surface area contributed by atoms with Crippen LogP contribution in [0.25, 0.3) is 0 Å². The van der Waals surface area contributed by atoms with Crippen LogP contribution in [-0.2, 0) is 27.7 Å². The number of para-hydroxylation sites is 1. The standard InChI is InChI=1S/C24H18BrClFN3O5S2/c1-34-21-4-2-3-19(27)23(21)35-20-6-5-15(9-14(20)10-16(31)11-22-28-7-8-36-22)30-37(32,33)17-12-18(25)24(26)29-13-17/h2-9,12-13,30H,10-11H2,1H3. The number of nitrogens with one attached hydrogen (secondary N) is 1. The van der Waals surface area contributed by atoms with E-state index in [0.717, 1.165) is 6.20 Å². The Hall–Kier alpha value is -3.06. The van der Waals surface area contributed by atoms with Crippen molar-refractivity contribution in [2.45, 2.75) is 17.7 Å². The minimum Gasteiger partial charge on any atom is -0.493 e. The maximum atomic E-state index is 14.5. The van der Waals surface area contributed by atoms with Crippen LogP contribution in [0, 0.1) is 5.82 Å². The van der Waals surface area contributed by atoms with Crippen LogP contribution in [0.2, 0.25) is 5.15 Å². The molecule has 4 rings (SSSR count). The molecule has 8 nitrogen and oxygen atoms in total. The minimum absolute atomic E-state index is 0.0839. The monoisotopic (exact) mass is 625 g/mol. The molecule has 0 fully saturated rings. The second kappa shape index (κ2) is 11.5. The zero-order chi connectivity index (χ0) is 26.6. The molecule has 0 spiro atoms. The van der Waals surface area contributed by atoms with Crippen LogP contribution in [0.5, 0.6) is 17.2 Å². The van der Waals surface area contributed by atoms with Crippen molar-refractivity contribution in [1.82, 2.24) is 9.97 Å². The number of benzene rings is 2. The van der Waals surface area contributed by atoms with Crippen LogP contribution >= 0.6 is 38.9 Å². The maximum absolute atomic E-state index is 14.5. The largest absolute Gasteiger partial charge is 0.493 e. The number of carbonyl (C=O) groups is 1. The Kier molecular flexibility index (Phi) is 8.42. The van der Waals surface area contributed by atoms with Gasteiger partial charge in [0.1, 0.15) is 21.6 Å². The Labute approximate surface area is 229 Å². The molecule has 2 aromatic heterocycles. The van der Waals surface area contributed by atoms with Crippen molar-refractivity contribution in [3.8, 4) is 17.2 Å². The third-order valence-corrected chi connectivity index (χ3v) is 8.24. The summed E-state index contributed by atoms with van der Waals surface area (Å²) in [5.41, 5.74) is 0.499. The number of halogens is 3. The first kappa shape index (κ1) is 27.0. The number of hydrogen-bond donors (Lipinski definition) is 1. The van der Waals surface area contributed by atoms with Gasteiger partial charge in [-0.15, -0.1) is 11.3 Å². The number of thiazole rings is 1. The molecule has 0 saturated heterocycles. The second-order valence-corrected chi connectivity index (χ2v) is 11.4. The smallest absolute Gasteiger partial charge is 0.263 e. The number of anilines is 1. The SMILES string of the molecule is COc1cccc(F)c1Oc1ccc(NS(=O)(=O)c2cnc(Cl)c(Br)c2)cc1CC(=O)Cc1nccs1. The first-order valence-corrected chi connectivity index (χ1v) is 14.1. The Morgan fingerprint density at radius 1 is 1.16 bits per heavy atom. The number of carbonyl (C=O) groups excluding carboxylic acids is 1. The van der Waals surface area contributed by atoms with Crippen LogP contribution in [0.15, 0.2) is 69.6 Å². The summed E-state index contributed by atoms with van der Waals surface area (Å²) < 4.78 is 54.2. The number of methoxy groups -OCH3 is 1. The zero-order valence-electron chi connectivity index (χ0n) is 19.1. The molecule has 0 unspecified atom stereocenters. The van der Waals surface area contributed by atoms with Crippen LogP contribution < -0.4 is 14.2 Å². The number of ketones is 1. The van der Waals surface area contributed by atoms with E-state index in [9.17, 15) is 17.6 Å². The third kappa shape index (κ3) is 6.63. The van der Waals surface area contributed by atoms with Gasteiger partial charge in [-0.2, -0.15) is 0 Å². The van der Waals surface area contributed by atoms with E-state index in [2.05, 4.69) is 30.6 Å². The van der Waals surface area contributed by atoms with E-state index in [-0.39, 0.29) is 51.6 Å². The number of pyridine rings is 1. The summed E-state index contributed by atoms with van der Waals surface area (Å²) in [6.45, 7) is 0. The molecule has 37 heavy (non-hydrogen) atoms. The number of aromatic nitrogens is 2. The van der Waals surface area contributed by atoms with Gasteiger partial charge in [0.2, 0.25) is 5.75 Å². The Balaban J connectivity index is 1.67. The molecular weight excluding hydrogens is 609 g/mol. The average molecular weight is 627 g/mol. The predicted molar refractivity (Wildman–Crippen MR) is 142 cm³/mol. The van der Waals surface area contributed by atoms with Gasteiger partial charge < -0.3 is 9.47 Å². The highest BCUT2D eigenvalue weighted by molar-refractivity contribution is 9.10. The van der Waals surface area contributed by atoms with Crippen LogP contribution in [0.1, 0.15) is 10.6 Å². The molecule has 0 aliphatic rings. The molecule has 0 bridgehead atoms. The van der Waals surface area contributed by atoms with Crippen LogP contribution in [-0.4, -0.2) is 31.3 Å². The van der Waals surface area contributed by atoms with Crippen molar-refractivity contribution in [3.63, 3.8) is 0 Å². The topological polar surface area (TPSA) is 107 Å². The molecule has 1 N–H and O–H groups in total. The average Bonchev–Trinajstić information content (AvgIpc) is 3.36. The normalized spacial score (nSPS) is 11.2. The minimum atomic E-state index is -4.04. The van der Waals surface area contributed by atoms with E-state index < -0.39 is 15.8 Å². The summed E-state index contributed by atoms with van der Waals surface area (Å²) in [7, 11) is -2.67. The first-order valence-electron chi connectivity index (χ1n) is 10.5. The summed E-state index contributed by atoms with van der Waals surface area (Å²) in [6, 6.07) is 9.88. The Bertz CT molecular complexity index is 1550. The van der Waals surface area contributed by atoms with Gasteiger partial charge in [0.15, 0.2) is 11.6 Å². The molecule has 0 atom stereocenters. The molecule has 2 aromatic carbocycles. The van der Waals surface area contributed by atoms with Gasteiger partial charge in [0.25, 0.3) is 10.0 Å². The van der Waals surface area contributed by atoms with Crippen molar-refractivity contribution in [1.29, 1.82) is 0 Å². The quantitative estimate of drug-likeness (QED) is 0.214. The lowest BCUT2D eigenvalue weighted by atomic mass is 10.1. The van der Waals surface area contributed by atoms with E-state index in [1.165, 1.54) is 60.9 Å². The number of rotatable bonds is 10. The lowest BCUT2D eigenvalue weighted by molar-refractivity contribution is -0.117. The highest BCUT2D eigenvalue weighted by Gasteiger charge is 2.20. The first-order chi connectivity index (χ1) is 17.7. The van der Waals surface area contributed by atoms with E-state index in [4.69, 9.17) is 21.1 Å². The number of nitrogens with zero attached hydrogens (tertiary/aromatic N) is 2. The second-order valence-electron chi connectivity index (χ2n) is 7.56. The van der Waals surface area contributed by atoms with Crippen molar-refractivity contribution >= 4 is 60.4 Å². The number of hydrogen-bond acceptors (Lipinski definition) is 8.